The van der Waals surface area contributed by atoms with Crippen LogP contribution in [0.1, 0.15) is 19.8 Å². The van der Waals surface area contributed by atoms with Gasteiger partial charge in [0.25, 0.3) is 0 Å². The highest BCUT2D eigenvalue weighted by molar-refractivity contribution is 5.76. The van der Waals surface area contributed by atoms with Gasteiger partial charge in [0.15, 0.2) is 0 Å². The maximum Gasteiger partial charge on any atom is 0.231 e. The Labute approximate surface area is 102 Å². The Kier molecular flexibility index (Phi) is 5.93. The number of hydrogen-bond acceptors (Lipinski definition) is 4. The van der Waals surface area contributed by atoms with Crippen molar-refractivity contribution in [2.45, 2.75) is 25.8 Å². The molecule has 0 bridgehead atoms. The molecule has 1 aliphatic rings. The smallest absolute Gasteiger partial charge is 0.231 e. The monoisotopic (exact) mass is 242 g/mol. The van der Waals surface area contributed by atoms with Gasteiger partial charge in [0.2, 0.25) is 11.8 Å². The number of primary amides is 1. The molecule has 1 saturated heterocycles. The zero-order chi connectivity index (χ0) is 12.7. The van der Waals surface area contributed by atoms with E-state index >= 15 is 0 Å². The third-order valence-electron chi connectivity index (χ3n) is 2.96. The van der Waals surface area contributed by atoms with Crippen molar-refractivity contribution in [3.8, 4) is 0 Å². The average Bonchev–Trinajstić information content (AvgIpc) is 2.28. The summed E-state index contributed by atoms with van der Waals surface area (Å²) in [6, 6.07) is 0.387. The number of carbonyl (C=O) groups excluding carboxylic acids is 2. The number of hydrogen-bond donors (Lipinski definition) is 3. The number of rotatable bonds is 6. The van der Waals surface area contributed by atoms with Crippen molar-refractivity contribution in [1.82, 2.24) is 15.5 Å². The molecule has 0 unspecified atom stereocenters. The van der Waals surface area contributed by atoms with Crippen molar-refractivity contribution in [3.63, 3.8) is 0 Å². The predicted molar refractivity (Wildman–Crippen MR) is 65.3 cm³/mol. The summed E-state index contributed by atoms with van der Waals surface area (Å²) in [4.78, 5) is 23.9. The van der Waals surface area contributed by atoms with Crippen molar-refractivity contribution >= 4 is 11.8 Å². The van der Waals surface area contributed by atoms with E-state index in [0.29, 0.717) is 19.1 Å². The van der Waals surface area contributed by atoms with Crippen LogP contribution in [-0.4, -0.2) is 55.5 Å². The molecule has 6 heteroatoms. The van der Waals surface area contributed by atoms with Crippen LogP contribution in [0.2, 0.25) is 0 Å². The molecule has 17 heavy (non-hydrogen) atoms. The second-order valence-electron chi connectivity index (χ2n) is 4.40. The Balaban J connectivity index is 2.40. The SMILES string of the molecule is CC(=O)NCCN(CC(N)=O)C1CCNCC1. The highest BCUT2D eigenvalue weighted by atomic mass is 16.1. The first kappa shape index (κ1) is 13.9. The van der Waals surface area contributed by atoms with E-state index in [0.717, 1.165) is 25.9 Å². The van der Waals surface area contributed by atoms with E-state index in [1.165, 1.54) is 6.92 Å². The quantitative estimate of drug-likeness (QED) is 0.538. The molecule has 0 radical (unpaired) electrons. The van der Waals surface area contributed by atoms with E-state index in [-0.39, 0.29) is 18.4 Å². The molecule has 0 aromatic carbocycles. The summed E-state index contributed by atoms with van der Waals surface area (Å²) in [5.41, 5.74) is 5.25. The number of piperidine rings is 1. The molecular weight excluding hydrogens is 220 g/mol. The van der Waals surface area contributed by atoms with Crippen LogP contribution >= 0.6 is 0 Å². The van der Waals surface area contributed by atoms with Gasteiger partial charge in [-0.05, 0) is 25.9 Å². The zero-order valence-electron chi connectivity index (χ0n) is 10.4. The maximum atomic E-state index is 11.0. The Morgan fingerprint density at radius 3 is 2.59 bits per heavy atom. The van der Waals surface area contributed by atoms with Gasteiger partial charge in [-0.3, -0.25) is 14.5 Å². The normalized spacial score (nSPS) is 17.1. The van der Waals surface area contributed by atoms with Crippen molar-refractivity contribution in [3.05, 3.63) is 0 Å². The van der Waals surface area contributed by atoms with Crippen LogP contribution < -0.4 is 16.4 Å². The van der Waals surface area contributed by atoms with Crippen LogP contribution in [-0.2, 0) is 9.59 Å². The second-order valence-corrected chi connectivity index (χ2v) is 4.40. The largest absolute Gasteiger partial charge is 0.369 e. The molecule has 0 aliphatic carbocycles. The first-order chi connectivity index (χ1) is 8.09. The molecule has 2 amide bonds. The lowest BCUT2D eigenvalue weighted by Crippen LogP contribution is -2.48. The molecule has 1 rings (SSSR count). The van der Waals surface area contributed by atoms with Gasteiger partial charge < -0.3 is 16.4 Å². The topological polar surface area (TPSA) is 87.5 Å². The molecule has 98 valence electrons. The van der Waals surface area contributed by atoms with E-state index in [9.17, 15) is 9.59 Å². The number of carbonyl (C=O) groups is 2. The Bertz CT molecular complexity index is 264. The number of nitrogens with one attached hydrogen (secondary N) is 2. The number of nitrogens with two attached hydrogens (primary N) is 1. The van der Waals surface area contributed by atoms with Gasteiger partial charge in [-0.15, -0.1) is 0 Å². The average molecular weight is 242 g/mol. The predicted octanol–water partition coefficient (Wildman–Crippen LogP) is -1.34. The zero-order valence-corrected chi connectivity index (χ0v) is 10.4. The summed E-state index contributed by atoms with van der Waals surface area (Å²) in [6.07, 6.45) is 2.04. The molecule has 1 aliphatic heterocycles. The fourth-order valence-corrected chi connectivity index (χ4v) is 2.14. The lowest BCUT2D eigenvalue weighted by atomic mass is 10.0. The van der Waals surface area contributed by atoms with E-state index in [1.807, 2.05) is 0 Å². The Hall–Kier alpha value is -1.14. The van der Waals surface area contributed by atoms with Crippen LogP contribution in [0.25, 0.3) is 0 Å². The molecule has 6 nitrogen and oxygen atoms in total. The fourth-order valence-electron chi connectivity index (χ4n) is 2.14. The van der Waals surface area contributed by atoms with Crippen molar-refractivity contribution < 1.29 is 9.59 Å². The minimum Gasteiger partial charge on any atom is -0.369 e. The molecule has 0 atom stereocenters. The second kappa shape index (κ2) is 7.24. The maximum absolute atomic E-state index is 11.0. The first-order valence-electron chi connectivity index (χ1n) is 6.07. The standard InChI is InChI=1S/C11H22N4O2/c1-9(16)14-6-7-15(8-11(12)17)10-2-4-13-5-3-10/h10,13H,2-8H2,1H3,(H2,12,17)(H,14,16). The van der Waals surface area contributed by atoms with Gasteiger partial charge in [-0.1, -0.05) is 0 Å². The summed E-state index contributed by atoms with van der Waals surface area (Å²) in [6.45, 7) is 4.94. The van der Waals surface area contributed by atoms with E-state index < -0.39 is 0 Å². The molecule has 0 saturated carbocycles. The van der Waals surface area contributed by atoms with E-state index in [4.69, 9.17) is 5.73 Å². The number of nitrogens with zero attached hydrogens (tertiary/aromatic N) is 1. The van der Waals surface area contributed by atoms with Crippen molar-refractivity contribution in [2.24, 2.45) is 5.73 Å². The third-order valence-corrected chi connectivity index (χ3v) is 2.96. The van der Waals surface area contributed by atoms with Gasteiger partial charge in [-0.2, -0.15) is 0 Å². The molecular formula is C11H22N4O2. The molecule has 0 aromatic heterocycles. The van der Waals surface area contributed by atoms with Gasteiger partial charge in [-0.25, -0.2) is 0 Å². The van der Waals surface area contributed by atoms with Crippen LogP contribution in [0.4, 0.5) is 0 Å². The number of amides is 2. The highest BCUT2D eigenvalue weighted by Gasteiger charge is 2.21. The molecule has 4 N–H and O–H groups in total. The lowest BCUT2D eigenvalue weighted by molar-refractivity contribution is -0.119. The van der Waals surface area contributed by atoms with E-state index in [2.05, 4.69) is 15.5 Å². The third kappa shape index (κ3) is 5.65. The highest BCUT2D eigenvalue weighted by Crippen LogP contribution is 2.10. The molecule has 1 heterocycles. The van der Waals surface area contributed by atoms with Crippen LogP contribution in [0.3, 0.4) is 0 Å². The van der Waals surface area contributed by atoms with Gasteiger partial charge in [0.05, 0.1) is 6.54 Å². The Morgan fingerprint density at radius 2 is 2.06 bits per heavy atom. The summed E-state index contributed by atoms with van der Waals surface area (Å²) >= 11 is 0. The molecule has 0 aromatic rings. The van der Waals surface area contributed by atoms with E-state index in [1.54, 1.807) is 0 Å². The molecule has 0 spiro atoms. The van der Waals surface area contributed by atoms with Crippen molar-refractivity contribution in [2.75, 3.05) is 32.7 Å². The van der Waals surface area contributed by atoms with Crippen LogP contribution in [0.15, 0.2) is 0 Å². The first-order valence-corrected chi connectivity index (χ1v) is 6.07. The van der Waals surface area contributed by atoms with Crippen LogP contribution in [0, 0.1) is 0 Å². The fraction of sp³-hybridized carbons (Fsp3) is 0.818. The van der Waals surface area contributed by atoms with Crippen molar-refractivity contribution in [1.29, 1.82) is 0 Å². The van der Waals surface area contributed by atoms with Gasteiger partial charge in [0.1, 0.15) is 0 Å². The van der Waals surface area contributed by atoms with Crippen LogP contribution in [0.5, 0.6) is 0 Å². The van der Waals surface area contributed by atoms with Gasteiger partial charge in [0, 0.05) is 26.1 Å². The minimum absolute atomic E-state index is 0.0469. The summed E-state index contributed by atoms with van der Waals surface area (Å²) < 4.78 is 0. The Morgan fingerprint density at radius 1 is 1.41 bits per heavy atom. The summed E-state index contributed by atoms with van der Waals surface area (Å²) in [5, 5.41) is 6.02. The summed E-state index contributed by atoms with van der Waals surface area (Å²) in [7, 11) is 0. The van der Waals surface area contributed by atoms with Gasteiger partial charge >= 0.3 is 0 Å². The summed E-state index contributed by atoms with van der Waals surface area (Å²) in [5.74, 6) is -0.360. The minimum atomic E-state index is -0.314. The lowest BCUT2D eigenvalue weighted by Gasteiger charge is -2.33. The molecule has 1 fully saturated rings.